The standard InChI is InChI=1S/C8H15N3/c1-7(4-9)11-3-2-8(5-10)6-11/h7-8H,2-3,5-6,10H2,1H3. The quantitative estimate of drug-likeness (QED) is 0.615. The molecule has 0 bridgehead atoms. The van der Waals surface area contributed by atoms with E-state index >= 15 is 0 Å². The van der Waals surface area contributed by atoms with Crippen molar-refractivity contribution in [2.24, 2.45) is 11.7 Å². The maximum atomic E-state index is 8.63. The van der Waals surface area contributed by atoms with Gasteiger partial charge in [-0.3, -0.25) is 4.90 Å². The van der Waals surface area contributed by atoms with E-state index in [9.17, 15) is 0 Å². The fourth-order valence-electron chi connectivity index (χ4n) is 1.49. The highest BCUT2D eigenvalue weighted by molar-refractivity contribution is 4.91. The predicted molar refractivity (Wildman–Crippen MR) is 43.8 cm³/mol. The van der Waals surface area contributed by atoms with E-state index in [2.05, 4.69) is 11.0 Å². The predicted octanol–water partition coefficient (Wildman–Crippen LogP) is 0.179. The van der Waals surface area contributed by atoms with Gasteiger partial charge in [0.25, 0.3) is 0 Å². The number of hydrogen-bond donors (Lipinski definition) is 1. The lowest BCUT2D eigenvalue weighted by Gasteiger charge is -2.17. The molecule has 0 aliphatic carbocycles. The highest BCUT2D eigenvalue weighted by Gasteiger charge is 2.24. The zero-order valence-electron chi connectivity index (χ0n) is 6.95. The van der Waals surface area contributed by atoms with E-state index in [1.165, 1.54) is 0 Å². The number of rotatable bonds is 2. The van der Waals surface area contributed by atoms with E-state index in [1.54, 1.807) is 0 Å². The normalized spacial score (nSPS) is 28.3. The molecule has 1 saturated heterocycles. The van der Waals surface area contributed by atoms with Crippen LogP contribution in [-0.4, -0.2) is 30.6 Å². The van der Waals surface area contributed by atoms with Crippen molar-refractivity contribution in [3.63, 3.8) is 0 Å². The summed E-state index contributed by atoms with van der Waals surface area (Å²) in [5.74, 6) is 0.616. The Kier molecular flexibility index (Phi) is 2.86. The minimum atomic E-state index is 0.0616. The average molecular weight is 153 g/mol. The van der Waals surface area contributed by atoms with Gasteiger partial charge in [-0.25, -0.2) is 0 Å². The van der Waals surface area contributed by atoms with Gasteiger partial charge in [0.2, 0.25) is 0 Å². The fourth-order valence-corrected chi connectivity index (χ4v) is 1.49. The lowest BCUT2D eigenvalue weighted by atomic mass is 10.1. The van der Waals surface area contributed by atoms with Gasteiger partial charge >= 0.3 is 0 Å². The van der Waals surface area contributed by atoms with Crippen LogP contribution in [-0.2, 0) is 0 Å². The van der Waals surface area contributed by atoms with E-state index in [0.717, 1.165) is 26.1 Å². The topological polar surface area (TPSA) is 53.0 Å². The fraction of sp³-hybridized carbons (Fsp3) is 0.875. The second-order valence-corrected chi connectivity index (χ2v) is 3.19. The summed E-state index contributed by atoms with van der Waals surface area (Å²) in [4.78, 5) is 2.19. The SMILES string of the molecule is CC(C#N)N1CCC(CN)C1. The molecule has 3 heteroatoms. The van der Waals surface area contributed by atoms with Crippen molar-refractivity contribution in [3.8, 4) is 6.07 Å². The van der Waals surface area contributed by atoms with Gasteiger partial charge in [0.1, 0.15) is 0 Å². The molecule has 2 unspecified atom stereocenters. The first kappa shape index (κ1) is 8.51. The highest BCUT2D eigenvalue weighted by atomic mass is 15.2. The van der Waals surface area contributed by atoms with E-state index in [-0.39, 0.29) is 6.04 Å². The average Bonchev–Trinajstić information content (AvgIpc) is 2.50. The summed E-state index contributed by atoms with van der Waals surface area (Å²) in [5, 5.41) is 8.63. The molecule has 0 amide bonds. The van der Waals surface area contributed by atoms with Gasteiger partial charge in [-0.2, -0.15) is 5.26 Å². The summed E-state index contributed by atoms with van der Waals surface area (Å²) >= 11 is 0. The monoisotopic (exact) mass is 153 g/mol. The second kappa shape index (κ2) is 3.70. The molecule has 0 aromatic rings. The van der Waals surface area contributed by atoms with Crippen LogP contribution in [0.25, 0.3) is 0 Å². The first-order chi connectivity index (χ1) is 5.27. The number of likely N-dealkylation sites (tertiary alicyclic amines) is 1. The van der Waals surface area contributed by atoms with Crippen molar-refractivity contribution < 1.29 is 0 Å². The van der Waals surface area contributed by atoms with Crippen LogP contribution in [0.4, 0.5) is 0 Å². The Hall–Kier alpha value is -0.590. The largest absolute Gasteiger partial charge is 0.330 e. The summed E-state index contributed by atoms with van der Waals surface area (Å²) < 4.78 is 0. The van der Waals surface area contributed by atoms with E-state index in [0.29, 0.717) is 5.92 Å². The van der Waals surface area contributed by atoms with Gasteiger partial charge in [-0.1, -0.05) is 0 Å². The zero-order valence-corrected chi connectivity index (χ0v) is 6.95. The molecule has 1 rings (SSSR count). The molecule has 2 N–H and O–H groups in total. The van der Waals surface area contributed by atoms with Gasteiger partial charge in [-0.05, 0) is 32.4 Å². The van der Waals surface area contributed by atoms with E-state index < -0.39 is 0 Å². The first-order valence-electron chi connectivity index (χ1n) is 4.11. The molecule has 1 aliphatic rings. The Bertz CT molecular complexity index is 161. The second-order valence-electron chi connectivity index (χ2n) is 3.19. The summed E-state index contributed by atoms with van der Waals surface area (Å²) in [6.45, 7) is 4.75. The third-order valence-corrected chi connectivity index (χ3v) is 2.39. The number of nitrogens with zero attached hydrogens (tertiary/aromatic N) is 2. The van der Waals surface area contributed by atoms with Crippen molar-refractivity contribution in [3.05, 3.63) is 0 Å². The lowest BCUT2D eigenvalue weighted by Crippen LogP contribution is -2.30. The molecular weight excluding hydrogens is 138 g/mol. The smallest absolute Gasteiger partial charge is 0.0949 e. The molecule has 62 valence electrons. The Labute approximate surface area is 67.8 Å². The Morgan fingerprint density at radius 2 is 2.55 bits per heavy atom. The molecule has 1 heterocycles. The number of hydrogen-bond acceptors (Lipinski definition) is 3. The Balaban J connectivity index is 2.36. The molecule has 11 heavy (non-hydrogen) atoms. The summed E-state index contributed by atoms with van der Waals surface area (Å²) in [6.07, 6.45) is 1.16. The minimum absolute atomic E-state index is 0.0616. The molecule has 1 fully saturated rings. The van der Waals surface area contributed by atoms with Crippen LogP contribution < -0.4 is 5.73 Å². The van der Waals surface area contributed by atoms with Crippen LogP contribution in [0.2, 0.25) is 0 Å². The van der Waals surface area contributed by atoms with Crippen molar-refractivity contribution in [2.75, 3.05) is 19.6 Å². The lowest BCUT2D eigenvalue weighted by molar-refractivity contribution is 0.294. The molecule has 0 saturated carbocycles. The molecule has 3 nitrogen and oxygen atoms in total. The van der Waals surface area contributed by atoms with Crippen molar-refractivity contribution in [1.29, 1.82) is 5.26 Å². The molecule has 0 spiro atoms. The number of nitriles is 1. The van der Waals surface area contributed by atoms with E-state index in [4.69, 9.17) is 11.0 Å². The van der Waals surface area contributed by atoms with Crippen molar-refractivity contribution in [2.45, 2.75) is 19.4 Å². The molecule has 1 aliphatic heterocycles. The summed E-state index contributed by atoms with van der Waals surface area (Å²) in [7, 11) is 0. The van der Waals surface area contributed by atoms with Crippen molar-refractivity contribution in [1.82, 2.24) is 4.90 Å². The molecule has 2 atom stereocenters. The van der Waals surface area contributed by atoms with Crippen LogP contribution in [0.1, 0.15) is 13.3 Å². The highest BCUT2D eigenvalue weighted by Crippen LogP contribution is 2.16. The van der Waals surface area contributed by atoms with E-state index in [1.807, 2.05) is 6.92 Å². The van der Waals surface area contributed by atoms with Crippen LogP contribution in [0.15, 0.2) is 0 Å². The molecular formula is C8H15N3. The first-order valence-corrected chi connectivity index (χ1v) is 4.11. The van der Waals surface area contributed by atoms with Gasteiger partial charge in [0.15, 0.2) is 0 Å². The number of nitrogens with two attached hydrogens (primary N) is 1. The summed E-state index contributed by atoms with van der Waals surface area (Å²) in [5.41, 5.74) is 5.53. The third kappa shape index (κ3) is 1.92. The Morgan fingerprint density at radius 1 is 1.82 bits per heavy atom. The maximum absolute atomic E-state index is 8.63. The molecule has 0 radical (unpaired) electrons. The van der Waals surface area contributed by atoms with Crippen molar-refractivity contribution >= 4 is 0 Å². The summed E-state index contributed by atoms with van der Waals surface area (Å²) in [6, 6.07) is 2.30. The minimum Gasteiger partial charge on any atom is -0.330 e. The van der Waals surface area contributed by atoms with Crippen LogP contribution in [0.5, 0.6) is 0 Å². The maximum Gasteiger partial charge on any atom is 0.0949 e. The zero-order chi connectivity index (χ0) is 8.27. The van der Waals surface area contributed by atoms with Gasteiger partial charge in [0.05, 0.1) is 12.1 Å². The molecule has 0 aromatic heterocycles. The van der Waals surface area contributed by atoms with Gasteiger partial charge in [0, 0.05) is 6.54 Å². The van der Waals surface area contributed by atoms with Gasteiger partial charge in [-0.15, -0.1) is 0 Å². The third-order valence-electron chi connectivity index (χ3n) is 2.39. The molecule has 0 aromatic carbocycles. The Morgan fingerprint density at radius 3 is 3.00 bits per heavy atom. The van der Waals surface area contributed by atoms with Crippen LogP contribution >= 0.6 is 0 Å². The van der Waals surface area contributed by atoms with Gasteiger partial charge < -0.3 is 5.73 Å². The van der Waals surface area contributed by atoms with Crippen LogP contribution in [0.3, 0.4) is 0 Å². The van der Waals surface area contributed by atoms with Crippen LogP contribution in [0, 0.1) is 17.2 Å².